The first-order valence-corrected chi connectivity index (χ1v) is 8.02. The number of hydrogen-bond acceptors (Lipinski definition) is 4. The summed E-state index contributed by atoms with van der Waals surface area (Å²) in [5, 5.41) is 10.2. The first-order valence-electron chi connectivity index (χ1n) is 7.64. The number of halogens is 1. The number of benzene rings is 1. The van der Waals surface area contributed by atoms with Crippen LogP contribution < -0.4 is 10.5 Å². The van der Waals surface area contributed by atoms with Gasteiger partial charge in [0.25, 0.3) is 0 Å². The molecule has 0 aliphatic carbocycles. The van der Waals surface area contributed by atoms with Crippen LogP contribution in [0.3, 0.4) is 0 Å². The van der Waals surface area contributed by atoms with Crippen LogP contribution in [0.2, 0.25) is 5.02 Å². The van der Waals surface area contributed by atoms with Crippen LogP contribution in [0.15, 0.2) is 12.1 Å². The third-order valence-corrected chi connectivity index (χ3v) is 4.71. The fraction of sp³-hybridized carbons (Fsp3) is 0.625. The Morgan fingerprint density at radius 1 is 1.48 bits per heavy atom. The lowest BCUT2D eigenvalue weighted by atomic mass is 9.94. The SMILES string of the molecule is CCC1CCCCN1C(CN)c1cc(Cl)c(O)c(OC)c1. The first kappa shape index (κ1) is 16.4. The molecule has 1 aromatic carbocycles. The molecule has 0 radical (unpaired) electrons. The largest absolute Gasteiger partial charge is 0.503 e. The lowest BCUT2D eigenvalue weighted by Gasteiger charge is -2.41. The second-order valence-corrected chi connectivity index (χ2v) is 6.01. The van der Waals surface area contributed by atoms with Crippen molar-refractivity contribution in [1.82, 2.24) is 4.90 Å². The molecule has 1 aliphatic heterocycles. The van der Waals surface area contributed by atoms with Gasteiger partial charge in [0.1, 0.15) is 0 Å². The summed E-state index contributed by atoms with van der Waals surface area (Å²) in [6, 6.07) is 4.33. The maximum atomic E-state index is 9.88. The number of hydrogen-bond donors (Lipinski definition) is 2. The molecule has 1 saturated heterocycles. The van der Waals surface area contributed by atoms with Crippen LogP contribution in [0.25, 0.3) is 0 Å². The van der Waals surface area contributed by atoms with E-state index in [1.54, 1.807) is 6.07 Å². The molecule has 2 atom stereocenters. The van der Waals surface area contributed by atoms with E-state index in [1.807, 2.05) is 6.07 Å². The number of methoxy groups -OCH3 is 1. The maximum Gasteiger partial charge on any atom is 0.176 e. The van der Waals surface area contributed by atoms with Crippen LogP contribution in [0, 0.1) is 0 Å². The van der Waals surface area contributed by atoms with Crippen LogP contribution in [0.5, 0.6) is 11.5 Å². The summed E-state index contributed by atoms with van der Waals surface area (Å²) in [4.78, 5) is 2.48. The molecule has 2 unspecified atom stereocenters. The highest BCUT2D eigenvalue weighted by molar-refractivity contribution is 6.32. The molecule has 118 valence electrons. The molecule has 5 heteroatoms. The zero-order valence-electron chi connectivity index (χ0n) is 12.8. The van der Waals surface area contributed by atoms with E-state index in [4.69, 9.17) is 22.1 Å². The predicted molar refractivity (Wildman–Crippen MR) is 86.1 cm³/mol. The van der Waals surface area contributed by atoms with Gasteiger partial charge in [-0.15, -0.1) is 0 Å². The number of aromatic hydroxyl groups is 1. The van der Waals surface area contributed by atoms with Crippen LogP contribution >= 0.6 is 11.6 Å². The summed E-state index contributed by atoms with van der Waals surface area (Å²) in [5.74, 6) is 0.394. The summed E-state index contributed by atoms with van der Waals surface area (Å²) in [5.41, 5.74) is 7.06. The van der Waals surface area contributed by atoms with Crippen molar-refractivity contribution in [2.24, 2.45) is 5.73 Å². The highest BCUT2D eigenvalue weighted by atomic mass is 35.5. The van der Waals surface area contributed by atoms with Gasteiger partial charge in [-0.25, -0.2) is 0 Å². The third kappa shape index (κ3) is 3.44. The molecule has 0 amide bonds. The Morgan fingerprint density at radius 3 is 2.86 bits per heavy atom. The van der Waals surface area contributed by atoms with E-state index in [2.05, 4.69) is 11.8 Å². The van der Waals surface area contributed by atoms with E-state index in [1.165, 1.54) is 26.4 Å². The lowest BCUT2D eigenvalue weighted by molar-refractivity contribution is 0.0948. The monoisotopic (exact) mass is 312 g/mol. The number of ether oxygens (including phenoxy) is 1. The first-order chi connectivity index (χ1) is 10.1. The minimum atomic E-state index is -0.00984. The van der Waals surface area contributed by atoms with Crippen LogP contribution in [0.4, 0.5) is 0 Å². The zero-order chi connectivity index (χ0) is 15.4. The number of nitrogens with zero attached hydrogens (tertiary/aromatic N) is 1. The summed E-state index contributed by atoms with van der Waals surface area (Å²) in [7, 11) is 1.53. The summed E-state index contributed by atoms with van der Waals surface area (Å²) >= 11 is 6.12. The highest BCUT2D eigenvalue weighted by Gasteiger charge is 2.29. The smallest absolute Gasteiger partial charge is 0.176 e. The van der Waals surface area contributed by atoms with Crippen molar-refractivity contribution in [1.29, 1.82) is 0 Å². The van der Waals surface area contributed by atoms with Crippen LogP contribution in [0.1, 0.15) is 44.2 Å². The van der Waals surface area contributed by atoms with Gasteiger partial charge < -0.3 is 15.6 Å². The molecule has 1 aromatic rings. The maximum absolute atomic E-state index is 9.88. The molecule has 1 fully saturated rings. The molecule has 1 aliphatic rings. The Morgan fingerprint density at radius 2 is 2.24 bits per heavy atom. The Kier molecular flexibility index (Phi) is 5.73. The van der Waals surface area contributed by atoms with Gasteiger partial charge in [0.2, 0.25) is 0 Å². The number of rotatable bonds is 5. The van der Waals surface area contributed by atoms with Crippen molar-refractivity contribution in [3.63, 3.8) is 0 Å². The van der Waals surface area contributed by atoms with E-state index in [0.29, 0.717) is 23.4 Å². The van der Waals surface area contributed by atoms with Gasteiger partial charge in [-0.1, -0.05) is 24.9 Å². The summed E-state index contributed by atoms with van der Waals surface area (Å²) < 4.78 is 5.21. The van der Waals surface area contributed by atoms with Gasteiger partial charge in [-0.3, -0.25) is 4.90 Å². The van der Waals surface area contributed by atoms with Gasteiger partial charge in [-0.2, -0.15) is 0 Å². The highest BCUT2D eigenvalue weighted by Crippen LogP contribution is 2.39. The van der Waals surface area contributed by atoms with Gasteiger partial charge >= 0.3 is 0 Å². The van der Waals surface area contributed by atoms with E-state index in [9.17, 15) is 5.11 Å². The lowest BCUT2D eigenvalue weighted by Crippen LogP contribution is -2.44. The second kappa shape index (κ2) is 7.34. The van der Waals surface area contributed by atoms with E-state index in [0.717, 1.165) is 18.5 Å². The zero-order valence-corrected chi connectivity index (χ0v) is 13.6. The Balaban J connectivity index is 2.34. The fourth-order valence-corrected chi connectivity index (χ4v) is 3.50. The molecule has 4 nitrogen and oxygen atoms in total. The number of phenolic OH excluding ortho intramolecular Hbond substituents is 1. The Hall–Kier alpha value is -0.970. The molecule has 21 heavy (non-hydrogen) atoms. The molecule has 0 aromatic heterocycles. The van der Waals surface area contributed by atoms with Crippen molar-refractivity contribution in [2.75, 3.05) is 20.2 Å². The molecule has 1 heterocycles. The normalized spacial score (nSPS) is 21.2. The standard InChI is InChI=1S/C16H25ClN2O2/c1-3-12-6-4-5-7-19(12)14(10-18)11-8-13(17)16(20)15(9-11)21-2/h8-9,12,14,20H,3-7,10,18H2,1-2H3. The van der Waals surface area contributed by atoms with Crippen molar-refractivity contribution < 1.29 is 9.84 Å². The van der Waals surface area contributed by atoms with Crippen molar-refractivity contribution in [2.45, 2.75) is 44.7 Å². The van der Waals surface area contributed by atoms with Gasteiger partial charge in [0, 0.05) is 18.6 Å². The van der Waals surface area contributed by atoms with E-state index in [-0.39, 0.29) is 11.8 Å². The molecular weight excluding hydrogens is 288 g/mol. The Labute approximate surface area is 131 Å². The number of nitrogens with two attached hydrogens (primary N) is 1. The summed E-state index contributed by atoms with van der Waals surface area (Å²) in [6.45, 7) is 3.81. The minimum absolute atomic E-state index is 0.00984. The topological polar surface area (TPSA) is 58.7 Å². The predicted octanol–water partition coefficient (Wildman–Crippen LogP) is 3.32. The van der Waals surface area contributed by atoms with Gasteiger partial charge in [0.05, 0.1) is 12.1 Å². The molecular formula is C16H25ClN2O2. The van der Waals surface area contributed by atoms with Crippen molar-refractivity contribution in [3.05, 3.63) is 22.7 Å². The fourth-order valence-electron chi connectivity index (χ4n) is 3.28. The van der Waals surface area contributed by atoms with Crippen molar-refractivity contribution in [3.8, 4) is 11.5 Å². The second-order valence-electron chi connectivity index (χ2n) is 5.60. The van der Waals surface area contributed by atoms with E-state index >= 15 is 0 Å². The molecule has 2 rings (SSSR count). The molecule has 3 N–H and O–H groups in total. The molecule has 0 saturated carbocycles. The van der Waals surface area contributed by atoms with Gasteiger partial charge in [0.15, 0.2) is 11.5 Å². The minimum Gasteiger partial charge on any atom is -0.503 e. The van der Waals surface area contributed by atoms with Crippen molar-refractivity contribution >= 4 is 11.6 Å². The van der Waals surface area contributed by atoms with Gasteiger partial charge in [-0.05, 0) is 43.5 Å². The third-order valence-electron chi connectivity index (χ3n) is 4.42. The number of likely N-dealkylation sites (tertiary alicyclic amines) is 1. The van der Waals surface area contributed by atoms with E-state index < -0.39 is 0 Å². The summed E-state index contributed by atoms with van der Waals surface area (Å²) in [6.07, 6.45) is 4.83. The van der Waals surface area contributed by atoms with Crippen LogP contribution in [-0.4, -0.2) is 36.2 Å². The van der Waals surface area contributed by atoms with Crippen LogP contribution in [-0.2, 0) is 0 Å². The molecule has 0 bridgehead atoms. The average Bonchev–Trinajstić information content (AvgIpc) is 2.51. The molecule has 0 spiro atoms. The number of piperidine rings is 1. The number of phenols is 1. The average molecular weight is 313 g/mol. The Bertz CT molecular complexity index is 482. The quantitative estimate of drug-likeness (QED) is 0.875.